The first-order chi connectivity index (χ1) is 8.95. The second kappa shape index (κ2) is 5.32. The number of nitrogens with one attached hydrogen (secondary N) is 1. The molecule has 0 aliphatic carbocycles. The molecule has 1 aliphatic rings. The molecule has 0 radical (unpaired) electrons. The fourth-order valence-corrected chi connectivity index (χ4v) is 2.67. The average Bonchev–Trinajstić information content (AvgIpc) is 2.74. The Bertz CT molecular complexity index is 526. The topological polar surface area (TPSA) is 67.2 Å². The van der Waals surface area contributed by atoms with Gasteiger partial charge in [-0.05, 0) is 29.3 Å². The van der Waals surface area contributed by atoms with Gasteiger partial charge in [0.2, 0.25) is 0 Å². The molecule has 1 N–H and O–H groups in total. The van der Waals surface area contributed by atoms with Crippen molar-refractivity contribution in [2.45, 2.75) is 39.3 Å². The van der Waals surface area contributed by atoms with Gasteiger partial charge in [0.1, 0.15) is 6.04 Å². The van der Waals surface area contributed by atoms with Crippen molar-refractivity contribution < 1.29 is 9.59 Å². The van der Waals surface area contributed by atoms with Crippen molar-refractivity contribution in [3.63, 3.8) is 0 Å². The Kier molecular flexibility index (Phi) is 3.93. The molecule has 0 saturated carbocycles. The highest BCUT2D eigenvalue weighted by Crippen LogP contribution is 2.23. The van der Waals surface area contributed by atoms with Gasteiger partial charge in [-0.25, -0.2) is 4.79 Å². The van der Waals surface area contributed by atoms with Crippen LogP contribution in [0.1, 0.15) is 31.2 Å². The third-order valence-corrected chi connectivity index (χ3v) is 4.29. The Morgan fingerprint density at radius 1 is 1.42 bits per heavy atom. The van der Waals surface area contributed by atoms with Crippen LogP contribution in [0.25, 0.3) is 0 Å². The normalized spacial score (nSPS) is 19.2. The minimum Gasteiger partial charge on any atom is -0.326 e. The van der Waals surface area contributed by atoms with Crippen molar-refractivity contribution >= 4 is 27.9 Å². The van der Waals surface area contributed by atoms with Crippen LogP contribution in [0.2, 0.25) is 0 Å². The van der Waals surface area contributed by atoms with Gasteiger partial charge in [0.25, 0.3) is 5.91 Å². The average molecular weight is 329 g/mol. The van der Waals surface area contributed by atoms with E-state index < -0.39 is 0 Å². The van der Waals surface area contributed by atoms with Crippen LogP contribution in [0.4, 0.5) is 4.79 Å². The van der Waals surface area contributed by atoms with Crippen molar-refractivity contribution in [1.82, 2.24) is 20.0 Å². The summed E-state index contributed by atoms with van der Waals surface area (Å²) in [4.78, 5) is 25.2. The summed E-state index contributed by atoms with van der Waals surface area (Å²) in [5, 5.41) is 6.97. The maximum Gasteiger partial charge on any atom is 0.325 e. The van der Waals surface area contributed by atoms with Gasteiger partial charge in [0.15, 0.2) is 0 Å². The number of aromatic nitrogens is 2. The third-order valence-electron chi connectivity index (χ3n) is 3.25. The van der Waals surface area contributed by atoms with Gasteiger partial charge in [-0.1, -0.05) is 13.3 Å². The number of urea groups is 1. The highest BCUT2D eigenvalue weighted by Gasteiger charge is 2.38. The van der Waals surface area contributed by atoms with Gasteiger partial charge < -0.3 is 5.32 Å². The summed E-state index contributed by atoms with van der Waals surface area (Å²) in [6.45, 7) is 4.10. The van der Waals surface area contributed by atoms with Gasteiger partial charge in [-0.3, -0.25) is 14.4 Å². The molecular formula is C12H17BrN4O2. The number of aryl methyl sites for hydroxylation is 2. The van der Waals surface area contributed by atoms with Crippen LogP contribution < -0.4 is 5.32 Å². The van der Waals surface area contributed by atoms with Crippen LogP contribution >= 0.6 is 15.9 Å². The lowest BCUT2D eigenvalue weighted by Crippen LogP contribution is -2.31. The molecule has 2 rings (SSSR count). The largest absolute Gasteiger partial charge is 0.326 e. The number of hydrogen-bond acceptors (Lipinski definition) is 3. The quantitative estimate of drug-likeness (QED) is 0.855. The van der Waals surface area contributed by atoms with Gasteiger partial charge in [0.05, 0.1) is 22.4 Å². The van der Waals surface area contributed by atoms with E-state index in [0.29, 0.717) is 6.42 Å². The summed E-state index contributed by atoms with van der Waals surface area (Å²) in [6.07, 6.45) is 1.53. The van der Waals surface area contributed by atoms with Gasteiger partial charge in [-0.15, -0.1) is 0 Å². The van der Waals surface area contributed by atoms with Crippen LogP contribution in [-0.2, 0) is 18.4 Å². The Morgan fingerprint density at radius 3 is 2.63 bits per heavy atom. The number of nitrogens with zero attached hydrogens (tertiary/aromatic N) is 3. The monoisotopic (exact) mass is 328 g/mol. The zero-order valence-corrected chi connectivity index (χ0v) is 12.8. The Hall–Kier alpha value is -1.37. The van der Waals surface area contributed by atoms with Gasteiger partial charge >= 0.3 is 6.03 Å². The molecule has 1 saturated heterocycles. The maximum atomic E-state index is 12.1. The fourth-order valence-electron chi connectivity index (χ4n) is 2.21. The van der Waals surface area contributed by atoms with Crippen molar-refractivity contribution in [2.75, 3.05) is 0 Å². The molecule has 1 aromatic heterocycles. The molecule has 1 aliphatic heterocycles. The number of carbonyl (C=O) groups excluding carboxylic acids is 2. The number of hydrogen-bond donors (Lipinski definition) is 1. The number of halogens is 1. The highest BCUT2D eigenvalue weighted by molar-refractivity contribution is 9.10. The fraction of sp³-hybridized carbons (Fsp3) is 0.583. The standard InChI is InChI=1S/C12H17BrN4O2/c1-4-5-8-11(18)17(12(19)14-8)6-9-10(13)7(2)15-16(9)3/h8H,4-6H2,1-3H3,(H,14,19). The lowest BCUT2D eigenvalue weighted by atomic mass is 10.1. The second-order valence-corrected chi connectivity index (χ2v) is 5.48. The molecular weight excluding hydrogens is 312 g/mol. The Balaban J connectivity index is 2.19. The first-order valence-corrected chi connectivity index (χ1v) is 7.04. The molecule has 1 aromatic rings. The number of imide groups is 1. The first kappa shape index (κ1) is 14.0. The molecule has 3 amide bonds. The Labute approximate surface area is 120 Å². The summed E-state index contributed by atoms with van der Waals surface area (Å²) in [5.74, 6) is -0.155. The molecule has 0 bridgehead atoms. The van der Waals surface area contributed by atoms with Crippen molar-refractivity contribution in [2.24, 2.45) is 7.05 Å². The second-order valence-electron chi connectivity index (χ2n) is 4.68. The van der Waals surface area contributed by atoms with E-state index in [1.165, 1.54) is 4.90 Å². The molecule has 19 heavy (non-hydrogen) atoms. The lowest BCUT2D eigenvalue weighted by Gasteiger charge is -2.13. The van der Waals surface area contributed by atoms with Crippen molar-refractivity contribution in [3.05, 3.63) is 15.9 Å². The lowest BCUT2D eigenvalue weighted by molar-refractivity contribution is -0.128. The molecule has 0 spiro atoms. The zero-order valence-electron chi connectivity index (χ0n) is 11.2. The smallest absolute Gasteiger partial charge is 0.325 e. The van der Waals surface area contributed by atoms with Crippen LogP contribution in [0.15, 0.2) is 4.47 Å². The van der Waals surface area contributed by atoms with E-state index in [0.717, 1.165) is 22.3 Å². The molecule has 7 heteroatoms. The molecule has 2 heterocycles. The summed E-state index contributed by atoms with van der Waals surface area (Å²) < 4.78 is 2.53. The molecule has 1 atom stereocenters. The van der Waals surface area contributed by atoms with E-state index in [1.807, 2.05) is 13.8 Å². The van der Waals surface area contributed by atoms with Crippen molar-refractivity contribution in [3.8, 4) is 0 Å². The maximum absolute atomic E-state index is 12.1. The third kappa shape index (κ3) is 2.51. The molecule has 1 unspecified atom stereocenters. The molecule has 6 nitrogen and oxygen atoms in total. The van der Waals surface area contributed by atoms with E-state index in [9.17, 15) is 9.59 Å². The van der Waals surface area contributed by atoms with Gasteiger partial charge in [-0.2, -0.15) is 5.10 Å². The van der Waals surface area contributed by atoms with Crippen LogP contribution in [-0.4, -0.2) is 32.7 Å². The zero-order chi connectivity index (χ0) is 14.2. The highest BCUT2D eigenvalue weighted by atomic mass is 79.9. The predicted octanol–water partition coefficient (Wildman–Crippen LogP) is 1.71. The Morgan fingerprint density at radius 2 is 2.11 bits per heavy atom. The van der Waals surface area contributed by atoms with Crippen LogP contribution in [0.3, 0.4) is 0 Å². The molecule has 1 fully saturated rings. The van der Waals surface area contributed by atoms with E-state index in [1.54, 1.807) is 11.7 Å². The summed E-state index contributed by atoms with van der Waals surface area (Å²) in [7, 11) is 1.80. The van der Waals surface area contributed by atoms with E-state index >= 15 is 0 Å². The first-order valence-electron chi connectivity index (χ1n) is 6.25. The van der Waals surface area contributed by atoms with E-state index in [4.69, 9.17) is 0 Å². The summed E-state index contributed by atoms with van der Waals surface area (Å²) in [5.41, 5.74) is 1.66. The minimum absolute atomic E-state index is 0.155. The summed E-state index contributed by atoms with van der Waals surface area (Å²) >= 11 is 3.44. The molecule has 0 aromatic carbocycles. The molecule has 104 valence electrons. The van der Waals surface area contributed by atoms with Crippen LogP contribution in [0, 0.1) is 6.92 Å². The summed E-state index contributed by atoms with van der Waals surface area (Å²) in [6, 6.07) is -0.709. The minimum atomic E-state index is -0.384. The number of rotatable bonds is 4. The predicted molar refractivity (Wildman–Crippen MR) is 73.4 cm³/mol. The van der Waals surface area contributed by atoms with Crippen molar-refractivity contribution in [1.29, 1.82) is 0 Å². The SMILES string of the molecule is CCCC1NC(=O)N(Cc2c(Br)c(C)nn2C)C1=O. The van der Waals surface area contributed by atoms with E-state index in [2.05, 4.69) is 26.3 Å². The number of amides is 3. The van der Waals surface area contributed by atoms with E-state index in [-0.39, 0.29) is 24.5 Å². The van der Waals surface area contributed by atoms with Gasteiger partial charge in [0, 0.05) is 7.05 Å². The van der Waals surface area contributed by atoms with Crippen LogP contribution in [0.5, 0.6) is 0 Å². The number of carbonyl (C=O) groups is 2.